The van der Waals surface area contributed by atoms with E-state index < -0.39 is 0 Å². The summed E-state index contributed by atoms with van der Waals surface area (Å²) >= 11 is 0. The van der Waals surface area contributed by atoms with Crippen LogP contribution in [-0.4, -0.2) is 26.7 Å². The van der Waals surface area contributed by atoms with Crippen LogP contribution in [0, 0.1) is 11.8 Å². The van der Waals surface area contributed by atoms with Gasteiger partial charge >= 0.3 is 0 Å². The number of benzene rings is 2. The Morgan fingerprint density at radius 1 is 1.19 bits per heavy atom. The fraction of sp³-hybridized carbons (Fsp3) is 0.350. The highest BCUT2D eigenvalue weighted by Gasteiger charge is 2.54. The number of anilines is 1. The number of fused-ring (bicyclic) bond motifs is 3. The number of ether oxygens (including phenoxy) is 2. The molecule has 3 N–H and O–H groups in total. The number of nitrogens with zero attached hydrogens (tertiary/aromatic N) is 1. The molecule has 1 fully saturated rings. The molecule has 0 aromatic heterocycles. The van der Waals surface area contributed by atoms with Crippen molar-refractivity contribution in [3.63, 3.8) is 0 Å². The molecule has 0 radical (unpaired) electrons. The van der Waals surface area contributed by atoms with E-state index in [0.717, 1.165) is 23.9 Å². The van der Waals surface area contributed by atoms with Crippen molar-refractivity contribution < 1.29 is 9.47 Å². The molecule has 26 heavy (non-hydrogen) atoms. The minimum atomic E-state index is 0. The predicted octanol–water partition coefficient (Wildman–Crippen LogP) is 3.63. The Balaban J connectivity index is 0.00000196. The van der Waals surface area contributed by atoms with Gasteiger partial charge in [0.05, 0.1) is 19.9 Å². The van der Waals surface area contributed by atoms with E-state index in [0.29, 0.717) is 23.5 Å². The lowest BCUT2D eigenvalue weighted by atomic mass is 10.0. The summed E-state index contributed by atoms with van der Waals surface area (Å²) in [7, 11) is 3.26. The number of hydrogen-bond acceptors (Lipinski definition) is 3. The third-order valence-corrected chi connectivity index (χ3v) is 5.34. The van der Waals surface area contributed by atoms with Crippen LogP contribution in [-0.2, 0) is 6.42 Å². The van der Waals surface area contributed by atoms with Gasteiger partial charge in [-0.05, 0) is 47.4 Å². The largest absolute Gasteiger partial charge is 0.497 e. The van der Waals surface area contributed by atoms with Gasteiger partial charge in [0.15, 0.2) is 5.96 Å². The standard InChI is InChI=1S/C20H23N3O2.HI/c1-24-13-7-8-18(25-2)17(10-13)23-20(21)22-11-16-15-9-12-5-3-4-6-14(12)19(15)16;/h3-8,10,15-16,19H,9,11H2,1-2H3,(H3,21,22,23);1H. The van der Waals surface area contributed by atoms with E-state index >= 15 is 0 Å². The molecule has 0 spiro atoms. The topological polar surface area (TPSA) is 68.9 Å². The molecule has 0 heterocycles. The van der Waals surface area contributed by atoms with Crippen molar-refractivity contribution in [1.82, 2.24) is 0 Å². The smallest absolute Gasteiger partial charge is 0.193 e. The summed E-state index contributed by atoms with van der Waals surface area (Å²) in [6.07, 6.45) is 1.18. The number of guanidine groups is 1. The highest BCUT2D eigenvalue weighted by molar-refractivity contribution is 14.0. The van der Waals surface area contributed by atoms with Crippen LogP contribution < -0.4 is 20.5 Å². The third-order valence-electron chi connectivity index (χ3n) is 5.34. The van der Waals surface area contributed by atoms with Crippen LogP contribution in [0.15, 0.2) is 47.5 Å². The van der Waals surface area contributed by atoms with Crippen LogP contribution >= 0.6 is 24.0 Å². The first kappa shape index (κ1) is 18.8. The zero-order chi connectivity index (χ0) is 17.4. The molecular weight excluding hydrogens is 441 g/mol. The van der Waals surface area contributed by atoms with Crippen LogP contribution in [0.1, 0.15) is 17.0 Å². The summed E-state index contributed by atoms with van der Waals surface area (Å²) < 4.78 is 10.6. The molecule has 2 aromatic rings. The quantitative estimate of drug-likeness (QED) is 0.402. The average Bonchev–Trinajstić information content (AvgIpc) is 3.18. The van der Waals surface area contributed by atoms with Gasteiger partial charge in [-0.1, -0.05) is 24.3 Å². The van der Waals surface area contributed by atoms with Crippen molar-refractivity contribution in [2.45, 2.75) is 12.3 Å². The Labute approximate surface area is 171 Å². The maximum absolute atomic E-state index is 6.08. The van der Waals surface area contributed by atoms with Gasteiger partial charge in [-0.2, -0.15) is 0 Å². The Morgan fingerprint density at radius 3 is 2.77 bits per heavy atom. The molecule has 0 bridgehead atoms. The minimum Gasteiger partial charge on any atom is -0.497 e. The van der Waals surface area contributed by atoms with Crippen molar-refractivity contribution in [3.8, 4) is 11.5 Å². The molecule has 2 aromatic carbocycles. The van der Waals surface area contributed by atoms with Gasteiger partial charge in [0.1, 0.15) is 11.5 Å². The van der Waals surface area contributed by atoms with Crippen LogP contribution in [0.3, 0.4) is 0 Å². The molecule has 0 aliphatic heterocycles. The number of methoxy groups -OCH3 is 2. The van der Waals surface area contributed by atoms with Gasteiger partial charge in [0.2, 0.25) is 0 Å². The molecule has 4 rings (SSSR count). The summed E-state index contributed by atoms with van der Waals surface area (Å²) in [5.74, 6) is 3.87. The molecule has 5 nitrogen and oxygen atoms in total. The molecule has 0 saturated heterocycles. The fourth-order valence-electron chi connectivity index (χ4n) is 4.03. The SMILES string of the molecule is COc1ccc(OC)c(NC(N)=NCC2C3Cc4ccccc4C23)c1.I. The Bertz CT molecular complexity index is 824. The second kappa shape index (κ2) is 7.73. The van der Waals surface area contributed by atoms with Gasteiger partial charge < -0.3 is 20.5 Å². The third kappa shape index (κ3) is 3.47. The van der Waals surface area contributed by atoms with E-state index in [1.54, 1.807) is 14.2 Å². The number of rotatable bonds is 5. The van der Waals surface area contributed by atoms with E-state index in [9.17, 15) is 0 Å². The van der Waals surface area contributed by atoms with Crippen molar-refractivity contribution >= 4 is 35.6 Å². The van der Waals surface area contributed by atoms with Gasteiger partial charge in [0.25, 0.3) is 0 Å². The molecule has 2 aliphatic carbocycles. The van der Waals surface area contributed by atoms with E-state index in [1.807, 2.05) is 18.2 Å². The average molecular weight is 465 g/mol. The number of halogens is 1. The Kier molecular flexibility index (Phi) is 5.60. The van der Waals surface area contributed by atoms with E-state index in [1.165, 1.54) is 17.5 Å². The second-order valence-electron chi connectivity index (χ2n) is 6.67. The first-order chi connectivity index (χ1) is 12.2. The normalized spacial score (nSPS) is 22.7. The summed E-state index contributed by atoms with van der Waals surface area (Å²) in [4.78, 5) is 4.55. The summed E-state index contributed by atoms with van der Waals surface area (Å²) in [5, 5.41) is 3.13. The monoisotopic (exact) mass is 465 g/mol. The van der Waals surface area contributed by atoms with E-state index in [-0.39, 0.29) is 24.0 Å². The predicted molar refractivity (Wildman–Crippen MR) is 115 cm³/mol. The highest BCUT2D eigenvalue weighted by atomic mass is 127. The molecule has 3 unspecified atom stereocenters. The van der Waals surface area contributed by atoms with Crippen LogP contribution in [0.2, 0.25) is 0 Å². The van der Waals surface area contributed by atoms with Gasteiger partial charge in [-0.15, -0.1) is 24.0 Å². The van der Waals surface area contributed by atoms with Crippen LogP contribution in [0.4, 0.5) is 5.69 Å². The molecule has 2 aliphatic rings. The second-order valence-corrected chi connectivity index (χ2v) is 6.67. The first-order valence-corrected chi connectivity index (χ1v) is 8.58. The van der Waals surface area contributed by atoms with E-state index in [2.05, 4.69) is 34.6 Å². The minimum absolute atomic E-state index is 0. The van der Waals surface area contributed by atoms with Crippen molar-refractivity contribution in [1.29, 1.82) is 0 Å². The first-order valence-electron chi connectivity index (χ1n) is 8.58. The van der Waals surface area contributed by atoms with Crippen molar-refractivity contribution in [2.75, 3.05) is 26.1 Å². The molecule has 138 valence electrons. The molecule has 0 amide bonds. The molecule has 1 saturated carbocycles. The maximum atomic E-state index is 6.08. The summed E-state index contributed by atoms with van der Waals surface area (Å²) in [6, 6.07) is 14.3. The lowest BCUT2D eigenvalue weighted by molar-refractivity contribution is 0.405. The number of aliphatic imine (C=N–C) groups is 1. The zero-order valence-electron chi connectivity index (χ0n) is 14.9. The summed E-state index contributed by atoms with van der Waals surface area (Å²) in [5.41, 5.74) is 9.85. The van der Waals surface area contributed by atoms with Crippen molar-refractivity contribution in [2.24, 2.45) is 22.6 Å². The van der Waals surface area contributed by atoms with Gasteiger partial charge in [-0.25, -0.2) is 0 Å². The molecular formula is C20H24IN3O2. The van der Waals surface area contributed by atoms with Gasteiger partial charge in [-0.3, -0.25) is 4.99 Å². The number of nitrogens with two attached hydrogens (primary N) is 1. The fourth-order valence-corrected chi connectivity index (χ4v) is 4.03. The summed E-state index contributed by atoms with van der Waals surface area (Å²) in [6.45, 7) is 0.759. The highest BCUT2D eigenvalue weighted by Crippen LogP contribution is 2.61. The number of hydrogen-bond donors (Lipinski definition) is 2. The Hall–Kier alpha value is -1.96. The maximum Gasteiger partial charge on any atom is 0.193 e. The number of nitrogens with one attached hydrogen (secondary N) is 1. The van der Waals surface area contributed by atoms with Crippen molar-refractivity contribution in [3.05, 3.63) is 53.6 Å². The van der Waals surface area contributed by atoms with Gasteiger partial charge in [0, 0.05) is 12.6 Å². The molecule has 3 atom stereocenters. The Morgan fingerprint density at radius 2 is 2.00 bits per heavy atom. The molecule has 6 heteroatoms. The lowest BCUT2D eigenvalue weighted by Gasteiger charge is -2.12. The van der Waals surface area contributed by atoms with E-state index in [4.69, 9.17) is 15.2 Å². The van der Waals surface area contributed by atoms with Crippen LogP contribution in [0.5, 0.6) is 11.5 Å². The lowest BCUT2D eigenvalue weighted by Crippen LogP contribution is -2.23. The zero-order valence-corrected chi connectivity index (χ0v) is 17.3. The van der Waals surface area contributed by atoms with Crippen LogP contribution in [0.25, 0.3) is 0 Å².